The zero-order valence-electron chi connectivity index (χ0n) is 8.71. The monoisotopic (exact) mass is 230 g/mol. The molecule has 0 saturated carbocycles. The van der Waals surface area contributed by atoms with Gasteiger partial charge in [0.2, 0.25) is 0 Å². The standard InChI is InChI=1S/C9H14N2O3S/c1-11(6-7-12)9-8(15(2,13)14)4-3-5-10-9/h3-5,12H,6-7H2,1-2H3. The van der Waals surface area contributed by atoms with E-state index in [2.05, 4.69) is 4.98 Å². The molecule has 0 amide bonds. The van der Waals surface area contributed by atoms with E-state index in [9.17, 15) is 8.42 Å². The molecule has 1 aromatic heterocycles. The molecule has 15 heavy (non-hydrogen) atoms. The fraction of sp³-hybridized carbons (Fsp3) is 0.444. The van der Waals surface area contributed by atoms with Crippen LogP contribution in [0.5, 0.6) is 0 Å². The van der Waals surface area contributed by atoms with Crippen LogP contribution in [0.4, 0.5) is 5.82 Å². The van der Waals surface area contributed by atoms with Gasteiger partial charge in [0.25, 0.3) is 0 Å². The molecule has 84 valence electrons. The van der Waals surface area contributed by atoms with Gasteiger partial charge in [0.1, 0.15) is 10.7 Å². The summed E-state index contributed by atoms with van der Waals surface area (Å²) in [5, 5.41) is 8.77. The Hall–Kier alpha value is -1.14. The Morgan fingerprint density at radius 2 is 2.20 bits per heavy atom. The smallest absolute Gasteiger partial charge is 0.179 e. The van der Waals surface area contributed by atoms with Crippen molar-refractivity contribution in [2.75, 3.05) is 31.4 Å². The molecule has 0 fully saturated rings. The number of anilines is 1. The summed E-state index contributed by atoms with van der Waals surface area (Å²) in [7, 11) is -1.59. The molecule has 0 aromatic carbocycles. The summed E-state index contributed by atoms with van der Waals surface area (Å²) >= 11 is 0. The van der Waals surface area contributed by atoms with Crippen molar-refractivity contribution in [2.24, 2.45) is 0 Å². The van der Waals surface area contributed by atoms with E-state index < -0.39 is 9.84 Å². The molecule has 6 heteroatoms. The Morgan fingerprint density at radius 3 is 2.73 bits per heavy atom. The Bertz CT molecular complexity index is 431. The second-order valence-corrected chi connectivity index (χ2v) is 5.23. The fourth-order valence-electron chi connectivity index (χ4n) is 1.21. The molecule has 0 aliphatic heterocycles. The maximum atomic E-state index is 11.4. The lowest BCUT2D eigenvalue weighted by Crippen LogP contribution is -2.24. The number of hydrogen-bond acceptors (Lipinski definition) is 5. The third-order valence-electron chi connectivity index (χ3n) is 1.95. The number of aliphatic hydroxyl groups excluding tert-OH is 1. The highest BCUT2D eigenvalue weighted by Gasteiger charge is 2.16. The lowest BCUT2D eigenvalue weighted by Gasteiger charge is -2.18. The quantitative estimate of drug-likeness (QED) is 0.783. The van der Waals surface area contributed by atoms with E-state index in [0.29, 0.717) is 12.4 Å². The first-order valence-corrected chi connectivity index (χ1v) is 6.33. The summed E-state index contributed by atoms with van der Waals surface area (Å²) in [6.45, 7) is 0.301. The lowest BCUT2D eigenvalue weighted by atomic mass is 10.4. The minimum atomic E-state index is -3.28. The third kappa shape index (κ3) is 2.90. The second-order valence-electron chi connectivity index (χ2n) is 3.24. The molecular formula is C9H14N2O3S. The lowest BCUT2D eigenvalue weighted by molar-refractivity contribution is 0.303. The van der Waals surface area contributed by atoms with Crippen LogP contribution in [0.25, 0.3) is 0 Å². The zero-order valence-corrected chi connectivity index (χ0v) is 9.53. The molecule has 0 aliphatic carbocycles. The van der Waals surface area contributed by atoms with E-state index in [1.54, 1.807) is 18.0 Å². The highest BCUT2D eigenvalue weighted by molar-refractivity contribution is 7.90. The average molecular weight is 230 g/mol. The topological polar surface area (TPSA) is 70.5 Å². The molecule has 1 rings (SSSR count). The summed E-state index contributed by atoms with van der Waals surface area (Å²) in [6.07, 6.45) is 2.66. The van der Waals surface area contributed by atoms with Gasteiger partial charge in [0.05, 0.1) is 6.61 Å². The number of aromatic nitrogens is 1. The molecule has 0 spiro atoms. The van der Waals surface area contributed by atoms with Gasteiger partial charge in [-0.2, -0.15) is 0 Å². The second kappa shape index (κ2) is 4.59. The van der Waals surface area contributed by atoms with Crippen LogP contribution in [0.1, 0.15) is 0 Å². The molecule has 0 unspecified atom stereocenters. The van der Waals surface area contributed by atoms with Crippen molar-refractivity contribution in [3.05, 3.63) is 18.3 Å². The van der Waals surface area contributed by atoms with E-state index in [4.69, 9.17) is 5.11 Å². The molecule has 1 aromatic rings. The largest absolute Gasteiger partial charge is 0.395 e. The molecule has 0 radical (unpaired) electrons. The van der Waals surface area contributed by atoms with Gasteiger partial charge in [-0.1, -0.05) is 0 Å². The molecule has 5 nitrogen and oxygen atoms in total. The van der Waals surface area contributed by atoms with Crippen LogP contribution in [0.2, 0.25) is 0 Å². The summed E-state index contributed by atoms with van der Waals surface area (Å²) in [6, 6.07) is 3.08. The van der Waals surface area contributed by atoms with E-state index in [-0.39, 0.29) is 11.5 Å². The Kier molecular flexibility index (Phi) is 3.65. The molecule has 0 saturated heterocycles. The van der Waals surface area contributed by atoms with Crippen molar-refractivity contribution in [2.45, 2.75) is 4.90 Å². The van der Waals surface area contributed by atoms with E-state index in [1.165, 1.54) is 12.3 Å². The van der Waals surface area contributed by atoms with E-state index in [1.807, 2.05) is 0 Å². The maximum absolute atomic E-state index is 11.4. The molecule has 1 heterocycles. The Balaban J connectivity index is 3.18. The summed E-state index contributed by atoms with van der Waals surface area (Å²) in [5.41, 5.74) is 0. The number of pyridine rings is 1. The normalized spacial score (nSPS) is 11.4. The van der Waals surface area contributed by atoms with Crippen molar-refractivity contribution in [1.82, 2.24) is 4.98 Å². The third-order valence-corrected chi connectivity index (χ3v) is 3.06. The van der Waals surface area contributed by atoms with Crippen LogP contribution < -0.4 is 4.90 Å². The first-order valence-electron chi connectivity index (χ1n) is 4.44. The predicted octanol–water partition coefficient (Wildman–Crippen LogP) is -0.0864. The van der Waals surface area contributed by atoms with Gasteiger partial charge in [-0.15, -0.1) is 0 Å². The van der Waals surface area contributed by atoms with Crippen molar-refractivity contribution >= 4 is 15.7 Å². The molecular weight excluding hydrogens is 216 g/mol. The van der Waals surface area contributed by atoms with Crippen LogP contribution in [-0.4, -0.2) is 45.0 Å². The van der Waals surface area contributed by atoms with Crippen LogP contribution >= 0.6 is 0 Å². The van der Waals surface area contributed by atoms with Crippen molar-refractivity contribution < 1.29 is 13.5 Å². The first-order chi connectivity index (χ1) is 6.96. The number of sulfone groups is 1. The van der Waals surface area contributed by atoms with Gasteiger partial charge in [0.15, 0.2) is 9.84 Å². The van der Waals surface area contributed by atoms with Gasteiger partial charge in [0, 0.05) is 26.0 Å². The molecule has 1 N–H and O–H groups in total. The number of rotatable bonds is 4. The molecule has 0 atom stereocenters. The maximum Gasteiger partial charge on any atom is 0.179 e. The first kappa shape index (κ1) is 11.9. The van der Waals surface area contributed by atoms with Gasteiger partial charge < -0.3 is 10.0 Å². The Labute approximate surface area is 89.3 Å². The van der Waals surface area contributed by atoms with E-state index >= 15 is 0 Å². The molecule has 0 aliphatic rings. The minimum Gasteiger partial charge on any atom is -0.395 e. The van der Waals surface area contributed by atoms with Crippen LogP contribution in [-0.2, 0) is 9.84 Å². The predicted molar refractivity (Wildman–Crippen MR) is 57.7 cm³/mol. The average Bonchev–Trinajstić information content (AvgIpc) is 2.17. The summed E-state index contributed by atoms with van der Waals surface area (Å²) in [4.78, 5) is 5.79. The number of aliphatic hydroxyl groups is 1. The minimum absolute atomic E-state index is 0.0454. The summed E-state index contributed by atoms with van der Waals surface area (Å²) in [5.74, 6) is 0.369. The van der Waals surface area contributed by atoms with Crippen molar-refractivity contribution in [3.63, 3.8) is 0 Å². The highest BCUT2D eigenvalue weighted by atomic mass is 32.2. The van der Waals surface area contributed by atoms with Crippen LogP contribution in [0.3, 0.4) is 0 Å². The Morgan fingerprint density at radius 1 is 1.53 bits per heavy atom. The van der Waals surface area contributed by atoms with Crippen molar-refractivity contribution in [1.29, 1.82) is 0 Å². The van der Waals surface area contributed by atoms with Gasteiger partial charge in [-0.05, 0) is 12.1 Å². The van der Waals surface area contributed by atoms with Crippen LogP contribution in [0, 0.1) is 0 Å². The fourth-order valence-corrected chi connectivity index (χ4v) is 2.08. The van der Waals surface area contributed by atoms with Gasteiger partial charge in [-0.3, -0.25) is 0 Å². The number of nitrogens with zero attached hydrogens (tertiary/aromatic N) is 2. The SMILES string of the molecule is CN(CCO)c1ncccc1S(C)(=O)=O. The molecule has 0 bridgehead atoms. The highest BCUT2D eigenvalue weighted by Crippen LogP contribution is 2.20. The number of likely N-dealkylation sites (N-methyl/N-ethyl adjacent to an activating group) is 1. The van der Waals surface area contributed by atoms with Gasteiger partial charge >= 0.3 is 0 Å². The van der Waals surface area contributed by atoms with Crippen LogP contribution in [0.15, 0.2) is 23.2 Å². The van der Waals surface area contributed by atoms with Crippen molar-refractivity contribution in [3.8, 4) is 0 Å². The van der Waals surface area contributed by atoms with E-state index in [0.717, 1.165) is 6.26 Å². The number of hydrogen-bond donors (Lipinski definition) is 1. The summed E-state index contributed by atoms with van der Waals surface area (Å²) < 4.78 is 22.9. The van der Waals surface area contributed by atoms with Gasteiger partial charge in [-0.25, -0.2) is 13.4 Å². The zero-order chi connectivity index (χ0) is 11.5.